The summed E-state index contributed by atoms with van der Waals surface area (Å²) in [6, 6.07) is 12.5. The lowest BCUT2D eigenvalue weighted by molar-refractivity contribution is 0.105. The van der Waals surface area contributed by atoms with Crippen LogP contribution < -0.4 is 0 Å². The van der Waals surface area contributed by atoms with E-state index in [1.165, 1.54) is 6.20 Å². The summed E-state index contributed by atoms with van der Waals surface area (Å²) < 4.78 is 0. The highest BCUT2D eigenvalue weighted by molar-refractivity contribution is 6.31. The second-order valence-corrected chi connectivity index (χ2v) is 3.97. The van der Waals surface area contributed by atoms with Crippen LogP contribution in [0.25, 0.3) is 5.57 Å². The van der Waals surface area contributed by atoms with E-state index in [1.807, 2.05) is 30.3 Å². The first-order valence-corrected chi connectivity index (χ1v) is 5.47. The summed E-state index contributed by atoms with van der Waals surface area (Å²) in [5.41, 5.74) is 1.58. The monoisotopic (exact) mass is 243 g/mol. The van der Waals surface area contributed by atoms with Crippen LogP contribution in [0.1, 0.15) is 16.1 Å². The molecule has 0 aliphatic carbocycles. The van der Waals surface area contributed by atoms with Crippen LogP contribution in [-0.4, -0.2) is 10.8 Å². The van der Waals surface area contributed by atoms with Gasteiger partial charge in [-0.3, -0.25) is 9.78 Å². The number of carbonyl (C=O) groups is 1. The lowest BCUT2D eigenvalue weighted by atomic mass is 10.0. The average Bonchev–Trinajstić information content (AvgIpc) is 2.39. The number of ketones is 1. The number of benzene rings is 1. The Morgan fingerprint density at radius 2 is 1.82 bits per heavy atom. The molecule has 1 aromatic carbocycles. The molecule has 17 heavy (non-hydrogen) atoms. The van der Waals surface area contributed by atoms with E-state index >= 15 is 0 Å². The van der Waals surface area contributed by atoms with Gasteiger partial charge in [0.05, 0.1) is 5.02 Å². The Morgan fingerprint density at radius 3 is 2.41 bits per heavy atom. The standard InChI is InChI=1S/C14H10ClNO/c1-10(11-5-3-2-4-6-11)14(17)13-8-7-12(15)9-16-13/h2-9H,1H2. The molecule has 0 saturated carbocycles. The van der Waals surface area contributed by atoms with Gasteiger partial charge in [-0.2, -0.15) is 0 Å². The third kappa shape index (κ3) is 2.60. The molecule has 0 atom stereocenters. The zero-order chi connectivity index (χ0) is 12.3. The van der Waals surface area contributed by atoms with Crippen LogP contribution in [0.3, 0.4) is 0 Å². The van der Waals surface area contributed by atoms with Gasteiger partial charge in [0.2, 0.25) is 5.78 Å². The van der Waals surface area contributed by atoms with Gasteiger partial charge in [-0.1, -0.05) is 48.5 Å². The Hall–Kier alpha value is -1.93. The van der Waals surface area contributed by atoms with Crippen molar-refractivity contribution in [2.24, 2.45) is 0 Å². The number of nitrogens with zero attached hydrogens (tertiary/aromatic N) is 1. The van der Waals surface area contributed by atoms with E-state index in [0.29, 0.717) is 16.3 Å². The smallest absolute Gasteiger partial charge is 0.211 e. The van der Waals surface area contributed by atoms with Crippen molar-refractivity contribution >= 4 is 23.0 Å². The molecule has 0 bridgehead atoms. The molecule has 2 rings (SSSR count). The van der Waals surface area contributed by atoms with E-state index in [2.05, 4.69) is 11.6 Å². The van der Waals surface area contributed by atoms with Gasteiger partial charge in [-0.05, 0) is 17.7 Å². The van der Waals surface area contributed by atoms with Gasteiger partial charge in [-0.25, -0.2) is 0 Å². The average molecular weight is 244 g/mol. The highest BCUT2D eigenvalue weighted by Crippen LogP contribution is 2.17. The molecule has 0 spiro atoms. The fourth-order valence-corrected chi connectivity index (χ4v) is 1.55. The number of pyridine rings is 1. The van der Waals surface area contributed by atoms with E-state index in [0.717, 1.165) is 5.56 Å². The number of aromatic nitrogens is 1. The minimum absolute atomic E-state index is 0.187. The molecular formula is C14H10ClNO. The first kappa shape index (κ1) is 11.6. The number of allylic oxidation sites excluding steroid dienone is 1. The van der Waals surface area contributed by atoms with Gasteiger partial charge in [0.15, 0.2) is 0 Å². The number of Topliss-reactive ketones (excluding diaryl/α,β-unsaturated/α-hetero) is 1. The molecule has 0 radical (unpaired) electrons. The molecule has 2 aromatic rings. The molecule has 84 valence electrons. The zero-order valence-corrected chi connectivity index (χ0v) is 9.82. The summed E-state index contributed by atoms with van der Waals surface area (Å²) in [5, 5.41) is 0.506. The van der Waals surface area contributed by atoms with Crippen molar-refractivity contribution in [1.82, 2.24) is 4.98 Å². The van der Waals surface area contributed by atoms with Crippen molar-refractivity contribution in [1.29, 1.82) is 0 Å². The van der Waals surface area contributed by atoms with Crippen molar-refractivity contribution in [2.45, 2.75) is 0 Å². The van der Waals surface area contributed by atoms with Crippen molar-refractivity contribution in [3.63, 3.8) is 0 Å². The maximum Gasteiger partial charge on any atom is 0.211 e. The number of rotatable bonds is 3. The maximum absolute atomic E-state index is 12.1. The summed E-state index contributed by atoms with van der Waals surface area (Å²) in [6.45, 7) is 3.80. The van der Waals surface area contributed by atoms with E-state index in [-0.39, 0.29) is 5.78 Å². The van der Waals surface area contributed by atoms with Crippen LogP contribution in [-0.2, 0) is 0 Å². The lowest BCUT2D eigenvalue weighted by Crippen LogP contribution is -2.03. The molecule has 0 N–H and O–H groups in total. The molecule has 0 unspecified atom stereocenters. The van der Waals surface area contributed by atoms with Crippen molar-refractivity contribution in [3.05, 3.63) is 71.5 Å². The second kappa shape index (κ2) is 4.93. The summed E-state index contributed by atoms with van der Waals surface area (Å²) in [7, 11) is 0. The lowest BCUT2D eigenvalue weighted by Gasteiger charge is -2.04. The number of carbonyl (C=O) groups excluding carboxylic acids is 1. The van der Waals surface area contributed by atoms with E-state index in [1.54, 1.807) is 12.1 Å². The van der Waals surface area contributed by atoms with Gasteiger partial charge in [0.1, 0.15) is 5.69 Å². The molecule has 0 aliphatic heterocycles. The normalized spacial score (nSPS) is 9.94. The summed E-state index contributed by atoms with van der Waals surface area (Å²) in [6.07, 6.45) is 1.45. The Labute approximate surface area is 105 Å². The molecule has 0 fully saturated rings. The van der Waals surface area contributed by atoms with Crippen LogP contribution >= 0.6 is 11.6 Å². The number of hydrogen-bond donors (Lipinski definition) is 0. The number of hydrogen-bond acceptors (Lipinski definition) is 2. The van der Waals surface area contributed by atoms with Gasteiger partial charge in [-0.15, -0.1) is 0 Å². The van der Waals surface area contributed by atoms with Crippen LogP contribution in [0.15, 0.2) is 55.2 Å². The molecule has 0 amide bonds. The summed E-state index contributed by atoms with van der Waals surface area (Å²) >= 11 is 5.72. The molecule has 2 nitrogen and oxygen atoms in total. The molecule has 0 aliphatic rings. The van der Waals surface area contributed by atoms with Crippen molar-refractivity contribution in [3.8, 4) is 0 Å². The minimum atomic E-state index is -0.187. The molecule has 1 aromatic heterocycles. The van der Waals surface area contributed by atoms with Gasteiger partial charge >= 0.3 is 0 Å². The molecule has 3 heteroatoms. The topological polar surface area (TPSA) is 30.0 Å². The molecular weight excluding hydrogens is 234 g/mol. The molecule has 0 saturated heterocycles. The minimum Gasteiger partial charge on any atom is -0.287 e. The second-order valence-electron chi connectivity index (χ2n) is 3.54. The Balaban J connectivity index is 2.27. The molecule has 1 heterocycles. The zero-order valence-electron chi connectivity index (χ0n) is 9.06. The van der Waals surface area contributed by atoms with E-state index < -0.39 is 0 Å². The SMILES string of the molecule is C=C(C(=O)c1ccc(Cl)cn1)c1ccccc1. The fraction of sp³-hybridized carbons (Fsp3) is 0. The Kier molecular flexibility index (Phi) is 3.35. The van der Waals surface area contributed by atoms with Crippen molar-refractivity contribution < 1.29 is 4.79 Å². The number of halogens is 1. The van der Waals surface area contributed by atoms with Crippen LogP contribution in [0.2, 0.25) is 5.02 Å². The Morgan fingerprint density at radius 1 is 1.12 bits per heavy atom. The van der Waals surface area contributed by atoms with E-state index in [9.17, 15) is 4.79 Å². The Bertz CT molecular complexity index is 546. The third-order valence-electron chi connectivity index (χ3n) is 2.36. The van der Waals surface area contributed by atoms with Gasteiger partial charge in [0, 0.05) is 11.8 Å². The fourth-order valence-electron chi connectivity index (χ4n) is 1.44. The van der Waals surface area contributed by atoms with Gasteiger partial charge in [0.25, 0.3) is 0 Å². The largest absolute Gasteiger partial charge is 0.287 e. The summed E-state index contributed by atoms with van der Waals surface area (Å²) in [5.74, 6) is -0.187. The first-order valence-electron chi connectivity index (χ1n) is 5.09. The maximum atomic E-state index is 12.1. The highest BCUT2D eigenvalue weighted by atomic mass is 35.5. The van der Waals surface area contributed by atoms with E-state index in [4.69, 9.17) is 11.6 Å². The van der Waals surface area contributed by atoms with Crippen LogP contribution in [0.4, 0.5) is 0 Å². The summed E-state index contributed by atoms with van der Waals surface area (Å²) in [4.78, 5) is 16.0. The third-order valence-corrected chi connectivity index (χ3v) is 2.58. The predicted molar refractivity (Wildman–Crippen MR) is 69.1 cm³/mol. The predicted octanol–water partition coefficient (Wildman–Crippen LogP) is 3.63. The quantitative estimate of drug-likeness (QED) is 0.609. The van der Waals surface area contributed by atoms with Gasteiger partial charge < -0.3 is 0 Å². The highest BCUT2D eigenvalue weighted by Gasteiger charge is 2.12. The van der Waals surface area contributed by atoms with Crippen molar-refractivity contribution in [2.75, 3.05) is 0 Å². The van der Waals surface area contributed by atoms with Crippen LogP contribution in [0, 0.1) is 0 Å². The first-order chi connectivity index (χ1) is 8.18. The van der Waals surface area contributed by atoms with Crippen LogP contribution in [0.5, 0.6) is 0 Å².